The first kappa shape index (κ1) is 16.0. The lowest BCUT2D eigenvalue weighted by atomic mass is 10.1. The van der Waals surface area contributed by atoms with Gasteiger partial charge in [0.1, 0.15) is 0 Å². The molecule has 0 aliphatic heterocycles. The molecule has 3 aromatic rings. The number of anilines is 1. The molecule has 0 amide bonds. The zero-order valence-electron chi connectivity index (χ0n) is 13.2. The van der Waals surface area contributed by atoms with Crippen LogP contribution >= 0.6 is 0 Å². The van der Waals surface area contributed by atoms with E-state index in [4.69, 9.17) is 4.74 Å². The van der Waals surface area contributed by atoms with Crippen LogP contribution in [0.3, 0.4) is 0 Å². The van der Waals surface area contributed by atoms with E-state index in [1.807, 2.05) is 31.2 Å². The summed E-state index contributed by atoms with van der Waals surface area (Å²) in [6.45, 7) is 1.90. The molecule has 0 fully saturated rings. The van der Waals surface area contributed by atoms with Crippen LogP contribution < -0.4 is 9.46 Å². The molecule has 2 heterocycles. The van der Waals surface area contributed by atoms with Crippen LogP contribution in [0.4, 0.5) is 5.69 Å². The fraction of sp³-hybridized carbons (Fsp3) is 0.125. The summed E-state index contributed by atoms with van der Waals surface area (Å²) in [5.41, 5.74) is 2.02. The van der Waals surface area contributed by atoms with Gasteiger partial charge in [-0.05, 0) is 18.6 Å². The number of aryl methyl sites for hydroxylation is 1. The van der Waals surface area contributed by atoms with E-state index in [9.17, 15) is 8.42 Å². The zero-order chi connectivity index (χ0) is 17.2. The third kappa shape index (κ3) is 3.09. The number of pyridine rings is 1. The number of hydrogen-bond donors (Lipinski definition) is 1. The van der Waals surface area contributed by atoms with E-state index in [0.29, 0.717) is 17.4 Å². The van der Waals surface area contributed by atoms with Gasteiger partial charge in [-0.1, -0.05) is 24.3 Å². The number of imidazole rings is 1. The molecule has 0 radical (unpaired) electrons. The maximum absolute atomic E-state index is 12.7. The smallest absolute Gasteiger partial charge is 0.329 e. The lowest BCUT2D eigenvalue weighted by molar-refractivity contribution is 0.398. The van der Waals surface area contributed by atoms with E-state index in [2.05, 4.69) is 14.7 Å². The predicted molar refractivity (Wildman–Crippen MR) is 91.1 cm³/mol. The first-order chi connectivity index (χ1) is 11.5. The lowest BCUT2D eigenvalue weighted by Gasteiger charge is -2.12. The topological polar surface area (TPSA) is 86.1 Å². The summed E-state index contributed by atoms with van der Waals surface area (Å²) in [4.78, 5) is 8.17. The largest absolute Gasteiger partial charge is 0.481 e. The maximum Gasteiger partial charge on any atom is 0.329 e. The van der Waals surface area contributed by atoms with Gasteiger partial charge in [0.2, 0.25) is 5.88 Å². The van der Waals surface area contributed by atoms with Crippen molar-refractivity contribution in [1.29, 1.82) is 0 Å². The van der Waals surface area contributed by atoms with Gasteiger partial charge in [-0.25, -0.2) is 13.9 Å². The molecule has 0 atom stereocenters. The van der Waals surface area contributed by atoms with Crippen molar-refractivity contribution in [2.45, 2.75) is 6.92 Å². The van der Waals surface area contributed by atoms with Crippen LogP contribution in [0.2, 0.25) is 0 Å². The van der Waals surface area contributed by atoms with Crippen LogP contribution in [0.5, 0.6) is 5.88 Å². The number of benzene rings is 1. The molecular formula is C16H16N4O3S. The number of nitrogens with one attached hydrogen (secondary N) is 1. The van der Waals surface area contributed by atoms with Gasteiger partial charge in [0.25, 0.3) is 0 Å². The fourth-order valence-electron chi connectivity index (χ4n) is 2.26. The van der Waals surface area contributed by atoms with Gasteiger partial charge in [-0.3, -0.25) is 4.72 Å². The maximum atomic E-state index is 12.7. The first-order valence-corrected chi connectivity index (χ1v) is 8.58. The summed E-state index contributed by atoms with van der Waals surface area (Å²) >= 11 is 0. The van der Waals surface area contributed by atoms with Crippen LogP contribution in [-0.4, -0.2) is 29.5 Å². The Bertz CT molecular complexity index is 949. The summed E-state index contributed by atoms with van der Waals surface area (Å²) < 4.78 is 33.9. The first-order valence-electron chi connectivity index (χ1n) is 7.14. The van der Waals surface area contributed by atoms with E-state index >= 15 is 0 Å². The van der Waals surface area contributed by atoms with Gasteiger partial charge in [-0.2, -0.15) is 8.42 Å². The molecule has 1 aromatic carbocycles. The Hall–Kier alpha value is -2.87. The van der Waals surface area contributed by atoms with Crippen LogP contribution in [0, 0.1) is 6.92 Å². The highest BCUT2D eigenvalue weighted by Gasteiger charge is 2.19. The van der Waals surface area contributed by atoms with Crippen molar-refractivity contribution in [3.8, 4) is 17.3 Å². The Kier molecular flexibility index (Phi) is 4.22. The van der Waals surface area contributed by atoms with Gasteiger partial charge in [0, 0.05) is 24.0 Å². The van der Waals surface area contributed by atoms with E-state index in [1.54, 1.807) is 12.1 Å². The predicted octanol–water partition coefficient (Wildman–Crippen LogP) is 2.47. The Labute approximate surface area is 140 Å². The number of nitrogens with zero attached hydrogens (tertiary/aromatic N) is 3. The molecule has 0 aliphatic carbocycles. The highest BCUT2D eigenvalue weighted by molar-refractivity contribution is 7.91. The van der Waals surface area contributed by atoms with Crippen molar-refractivity contribution in [3.05, 3.63) is 60.6 Å². The Morgan fingerprint density at radius 1 is 1.12 bits per heavy atom. The molecule has 0 unspecified atom stereocenters. The number of rotatable bonds is 5. The zero-order valence-corrected chi connectivity index (χ0v) is 14.0. The fourth-order valence-corrected chi connectivity index (χ4v) is 3.36. The summed E-state index contributed by atoms with van der Waals surface area (Å²) in [6.07, 6.45) is 4.25. The van der Waals surface area contributed by atoms with Crippen LogP contribution in [-0.2, 0) is 10.2 Å². The molecule has 0 saturated carbocycles. The quantitative estimate of drug-likeness (QED) is 0.768. The van der Waals surface area contributed by atoms with Gasteiger partial charge in [0.15, 0.2) is 5.82 Å². The molecule has 0 aliphatic rings. The third-order valence-corrected chi connectivity index (χ3v) is 4.75. The highest BCUT2D eigenvalue weighted by atomic mass is 32.2. The molecule has 1 N–H and O–H groups in total. The standard InChI is InChI=1S/C16H16N4O3S/c1-12-5-3-4-6-14(12)16-17-9-10-20(16)24(21,22)19-13-7-8-15(23-2)18-11-13/h3-11,19H,1-2H3. The summed E-state index contributed by atoms with van der Waals surface area (Å²) in [6, 6.07) is 10.6. The van der Waals surface area contributed by atoms with Crippen molar-refractivity contribution >= 4 is 15.9 Å². The average molecular weight is 344 g/mol. The molecule has 0 bridgehead atoms. The minimum Gasteiger partial charge on any atom is -0.481 e. The molecule has 0 spiro atoms. The molecule has 24 heavy (non-hydrogen) atoms. The number of aromatic nitrogens is 3. The average Bonchev–Trinajstić information content (AvgIpc) is 3.06. The Morgan fingerprint density at radius 2 is 1.92 bits per heavy atom. The summed E-state index contributed by atoms with van der Waals surface area (Å²) in [5.74, 6) is 0.753. The van der Waals surface area contributed by atoms with Crippen molar-refractivity contribution in [2.24, 2.45) is 0 Å². The van der Waals surface area contributed by atoms with E-state index in [1.165, 1.54) is 25.7 Å². The lowest BCUT2D eigenvalue weighted by Crippen LogP contribution is -2.22. The molecule has 8 heteroatoms. The molecule has 3 rings (SSSR count). The highest BCUT2D eigenvalue weighted by Crippen LogP contribution is 2.23. The SMILES string of the molecule is COc1ccc(NS(=O)(=O)n2ccnc2-c2ccccc2C)cn1. The molecule has 124 valence electrons. The van der Waals surface area contributed by atoms with Crippen molar-refractivity contribution in [3.63, 3.8) is 0 Å². The number of ether oxygens (including phenoxy) is 1. The minimum atomic E-state index is -3.86. The summed E-state index contributed by atoms with van der Waals surface area (Å²) in [5, 5.41) is 0. The van der Waals surface area contributed by atoms with E-state index in [-0.39, 0.29) is 0 Å². The Morgan fingerprint density at radius 3 is 2.58 bits per heavy atom. The Balaban J connectivity index is 1.96. The van der Waals surface area contributed by atoms with Gasteiger partial charge < -0.3 is 4.74 Å². The second kappa shape index (κ2) is 6.32. The van der Waals surface area contributed by atoms with Crippen molar-refractivity contribution in [1.82, 2.24) is 13.9 Å². The van der Waals surface area contributed by atoms with Gasteiger partial charge in [-0.15, -0.1) is 0 Å². The summed E-state index contributed by atoms with van der Waals surface area (Å²) in [7, 11) is -2.37. The molecule has 2 aromatic heterocycles. The number of hydrogen-bond acceptors (Lipinski definition) is 5. The van der Waals surface area contributed by atoms with E-state index < -0.39 is 10.2 Å². The van der Waals surface area contributed by atoms with Crippen molar-refractivity contribution < 1.29 is 13.2 Å². The van der Waals surface area contributed by atoms with Gasteiger partial charge >= 0.3 is 10.2 Å². The normalized spacial score (nSPS) is 11.2. The second-order valence-corrected chi connectivity index (χ2v) is 6.61. The minimum absolute atomic E-state index is 0.334. The molecular weight excluding hydrogens is 328 g/mol. The van der Waals surface area contributed by atoms with Gasteiger partial charge in [0.05, 0.1) is 19.0 Å². The van der Waals surface area contributed by atoms with Crippen LogP contribution in [0.25, 0.3) is 11.4 Å². The second-order valence-electron chi connectivity index (χ2n) is 5.06. The molecule has 7 nitrogen and oxygen atoms in total. The molecule has 0 saturated heterocycles. The van der Waals surface area contributed by atoms with E-state index in [0.717, 1.165) is 15.1 Å². The third-order valence-electron chi connectivity index (χ3n) is 3.44. The van der Waals surface area contributed by atoms with Crippen molar-refractivity contribution in [2.75, 3.05) is 11.8 Å². The van der Waals surface area contributed by atoms with Crippen LogP contribution in [0.15, 0.2) is 55.0 Å². The number of methoxy groups -OCH3 is 1. The monoisotopic (exact) mass is 344 g/mol. The van der Waals surface area contributed by atoms with Crippen LogP contribution in [0.1, 0.15) is 5.56 Å².